The Hall–Kier alpha value is -1.34. The molecule has 4 fully saturated rings. The first-order valence-corrected chi connectivity index (χ1v) is 11.4. The summed E-state index contributed by atoms with van der Waals surface area (Å²) in [5, 5.41) is 0. The monoisotopic (exact) mass is 450 g/mol. The van der Waals surface area contributed by atoms with E-state index in [1.807, 2.05) is 0 Å². The fourth-order valence-corrected chi connectivity index (χ4v) is 6.05. The van der Waals surface area contributed by atoms with Crippen LogP contribution in [0.4, 0.5) is 17.6 Å². The molecule has 4 bridgehead atoms. The molecular formula is C23H34F4O4. The lowest BCUT2D eigenvalue weighted by atomic mass is 9.49. The predicted octanol–water partition coefficient (Wildman–Crippen LogP) is 5.78. The molecule has 0 aromatic carbocycles. The second-order valence-corrected chi connectivity index (χ2v) is 10.7. The molecular weight excluding hydrogens is 416 g/mol. The maximum Gasteiger partial charge on any atom is 0.315 e. The number of rotatable bonds is 10. The van der Waals surface area contributed by atoms with Crippen LogP contribution in [0.1, 0.15) is 78.6 Å². The number of halogens is 4. The zero-order chi connectivity index (χ0) is 23.1. The quantitative estimate of drug-likeness (QED) is 0.313. The molecule has 31 heavy (non-hydrogen) atoms. The van der Waals surface area contributed by atoms with Gasteiger partial charge < -0.3 is 9.47 Å². The number of hydrogen-bond donors (Lipinski definition) is 0. The van der Waals surface area contributed by atoms with Gasteiger partial charge in [0.05, 0.1) is 23.9 Å². The van der Waals surface area contributed by atoms with E-state index in [0.717, 1.165) is 19.3 Å². The van der Waals surface area contributed by atoms with Gasteiger partial charge >= 0.3 is 11.9 Å². The van der Waals surface area contributed by atoms with Crippen LogP contribution in [0, 0.1) is 28.6 Å². The summed E-state index contributed by atoms with van der Waals surface area (Å²) in [5.41, 5.74) is -1.61. The predicted molar refractivity (Wildman–Crippen MR) is 106 cm³/mol. The molecule has 178 valence electrons. The fourth-order valence-electron chi connectivity index (χ4n) is 6.05. The van der Waals surface area contributed by atoms with Crippen LogP contribution in [0.2, 0.25) is 0 Å². The third-order valence-corrected chi connectivity index (χ3v) is 7.54. The molecule has 4 saturated carbocycles. The summed E-state index contributed by atoms with van der Waals surface area (Å²) in [6, 6.07) is 0. The van der Waals surface area contributed by atoms with E-state index in [1.165, 1.54) is 19.3 Å². The van der Waals surface area contributed by atoms with Gasteiger partial charge in [0.1, 0.15) is 6.61 Å². The number of esters is 2. The Morgan fingerprint density at radius 3 is 1.90 bits per heavy atom. The second kappa shape index (κ2) is 8.54. The summed E-state index contributed by atoms with van der Waals surface area (Å²) in [6.45, 7) is 2.89. The first-order chi connectivity index (χ1) is 14.3. The van der Waals surface area contributed by atoms with Crippen molar-refractivity contribution in [1.82, 2.24) is 0 Å². The molecule has 0 spiro atoms. The first kappa shape index (κ1) is 24.3. The topological polar surface area (TPSA) is 52.6 Å². The Labute approximate surface area is 181 Å². The van der Waals surface area contributed by atoms with Crippen molar-refractivity contribution in [1.29, 1.82) is 0 Å². The van der Waals surface area contributed by atoms with E-state index < -0.39 is 48.1 Å². The summed E-state index contributed by atoms with van der Waals surface area (Å²) in [7, 11) is 0. The average Bonchev–Trinajstić information content (AvgIpc) is 2.62. The van der Waals surface area contributed by atoms with E-state index in [2.05, 4.69) is 0 Å². The van der Waals surface area contributed by atoms with Gasteiger partial charge in [-0.1, -0.05) is 6.92 Å². The van der Waals surface area contributed by atoms with Crippen LogP contribution in [-0.4, -0.2) is 37.0 Å². The van der Waals surface area contributed by atoms with E-state index in [1.54, 1.807) is 13.8 Å². The number of hydrogen-bond acceptors (Lipinski definition) is 4. The smallest absolute Gasteiger partial charge is 0.315 e. The standard InChI is InChI=1S/C23H34F4O4/c1-4-20(2,18(28)30-6-5-23(26,27)13-21(3,24)25)14-31-19(29)22-10-15-7-16(11-22)9-17(8-15)12-22/h15-17H,4-14H2,1-3H3. The lowest BCUT2D eigenvalue weighted by Gasteiger charge is -2.55. The molecule has 0 heterocycles. The zero-order valence-corrected chi connectivity index (χ0v) is 18.7. The lowest BCUT2D eigenvalue weighted by Crippen LogP contribution is -2.51. The molecule has 0 aromatic rings. The van der Waals surface area contributed by atoms with Crippen molar-refractivity contribution in [3.8, 4) is 0 Å². The van der Waals surface area contributed by atoms with Gasteiger partial charge in [0.2, 0.25) is 0 Å². The molecule has 0 N–H and O–H groups in total. The molecule has 4 nitrogen and oxygen atoms in total. The summed E-state index contributed by atoms with van der Waals surface area (Å²) < 4.78 is 63.6. The highest BCUT2D eigenvalue weighted by molar-refractivity contribution is 5.79. The Balaban J connectivity index is 1.51. The summed E-state index contributed by atoms with van der Waals surface area (Å²) >= 11 is 0. The number of carbonyl (C=O) groups excluding carboxylic acids is 2. The SMILES string of the molecule is CCC(C)(COC(=O)C12CC3CC(CC(C3)C1)C2)C(=O)OCCC(F)(F)CC(C)(F)F. The average molecular weight is 451 g/mol. The van der Waals surface area contributed by atoms with Gasteiger partial charge in [-0.3, -0.25) is 9.59 Å². The lowest BCUT2D eigenvalue weighted by molar-refractivity contribution is -0.179. The Kier molecular flexibility index (Phi) is 6.70. The van der Waals surface area contributed by atoms with Crippen molar-refractivity contribution in [2.45, 2.75) is 90.4 Å². The maximum absolute atomic E-state index is 13.6. The third-order valence-electron chi connectivity index (χ3n) is 7.54. The number of carbonyl (C=O) groups is 2. The van der Waals surface area contributed by atoms with Crippen molar-refractivity contribution in [2.75, 3.05) is 13.2 Å². The fraction of sp³-hybridized carbons (Fsp3) is 0.913. The minimum Gasteiger partial charge on any atom is -0.465 e. The molecule has 4 rings (SSSR count). The molecule has 1 atom stereocenters. The second-order valence-electron chi connectivity index (χ2n) is 10.7. The van der Waals surface area contributed by atoms with E-state index >= 15 is 0 Å². The van der Waals surface area contributed by atoms with Gasteiger partial charge in [-0.2, -0.15) is 0 Å². The van der Waals surface area contributed by atoms with Crippen molar-refractivity contribution >= 4 is 11.9 Å². The Morgan fingerprint density at radius 2 is 1.45 bits per heavy atom. The van der Waals surface area contributed by atoms with Crippen molar-refractivity contribution < 1.29 is 36.6 Å². The van der Waals surface area contributed by atoms with Gasteiger partial charge in [0, 0.05) is 6.42 Å². The van der Waals surface area contributed by atoms with E-state index in [0.29, 0.717) is 31.1 Å². The molecule has 1 unspecified atom stereocenters. The molecule has 0 saturated heterocycles. The van der Waals surface area contributed by atoms with E-state index in [9.17, 15) is 27.2 Å². The van der Waals surface area contributed by atoms with Gasteiger partial charge in [-0.25, -0.2) is 17.6 Å². The largest absolute Gasteiger partial charge is 0.465 e. The summed E-state index contributed by atoms with van der Waals surface area (Å²) in [6.07, 6.45) is 3.86. The van der Waals surface area contributed by atoms with Gasteiger partial charge in [0.25, 0.3) is 11.8 Å². The van der Waals surface area contributed by atoms with Gasteiger partial charge in [-0.15, -0.1) is 0 Å². The van der Waals surface area contributed by atoms with Crippen molar-refractivity contribution in [3.63, 3.8) is 0 Å². The van der Waals surface area contributed by atoms with Crippen LogP contribution in [0.5, 0.6) is 0 Å². The number of alkyl halides is 4. The Bertz CT molecular complexity index is 652. The Morgan fingerprint density at radius 1 is 0.935 bits per heavy atom. The van der Waals surface area contributed by atoms with Crippen LogP contribution in [0.15, 0.2) is 0 Å². The van der Waals surface area contributed by atoms with E-state index in [-0.39, 0.29) is 12.6 Å². The normalized spacial score (nSPS) is 31.9. The summed E-state index contributed by atoms with van der Waals surface area (Å²) in [5.74, 6) is -6.40. The first-order valence-electron chi connectivity index (χ1n) is 11.4. The maximum atomic E-state index is 13.6. The summed E-state index contributed by atoms with van der Waals surface area (Å²) in [4.78, 5) is 25.5. The van der Waals surface area contributed by atoms with Crippen molar-refractivity contribution in [3.05, 3.63) is 0 Å². The molecule has 0 aliphatic heterocycles. The minimum atomic E-state index is -3.63. The van der Waals surface area contributed by atoms with Crippen LogP contribution in [0.3, 0.4) is 0 Å². The number of ether oxygens (including phenoxy) is 2. The van der Waals surface area contributed by atoms with Gasteiger partial charge in [-0.05, 0) is 76.5 Å². The highest BCUT2D eigenvalue weighted by Gasteiger charge is 2.56. The molecule has 0 radical (unpaired) electrons. The highest BCUT2D eigenvalue weighted by Crippen LogP contribution is 2.60. The van der Waals surface area contributed by atoms with Crippen LogP contribution in [0.25, 0.3) is 0 Å². The molecule has 8 heteroatoms. The minimum absolute atomic E-state index is 0.174. The van der Waals surface area contributed by atoms with Crippen LogP contribution >= 0.6 is 0 Å². The van der Waals surface area contributed by atoms with Gasteiger partial charge in [0.15, 0.2) is 0 Å². The molecule has 4 aliphatic carbocycles. The molecule has 4 aliphatic rings. The van der Waals surface area contributed by atoms with Crippen LogP contribution < -0.4 is 0 Å². The van der Waals surface area contributed by atoms with Crippen molar-refractivity contribution in [2.24, 2.45) is 28.6 Å². The van der Waals surface area contributed by atoms with E-state index in [4.69, 9.17) is 9.47 Å². The molecule has 0 amide bonds. The molecule has 0 aromatic heterocycles. The van der Waals surface area contributed by atoms with Crippen LogP contribution in [-0.2, 0) is 19.1 Å². The zero-order valence-electron chi connectivity index (χ0n) is 18.7. The third kappa shape index (κ3) is 5.72. The highest BCUT2D eigenvalue weighted by atomic mass is 19.3.